The molecule has 2 rings (SSSR count). The highest BCUT2D eigenvalue weighted by Gasteiger charge is 2.24. The van der Waals surface area contributed by atoms with E-state index >= 15 is 0 Å². The third-order valence-corrected chi connectivity index (χ3v) is 4.13. The summed E-state index contributed by atoms with van der Waals surface area (Å²) in [5, 5.41) is 10.2. The van der Waals surface area contributed by atoms with Crippen molar-refractivity contribution in [2.45, 2.75) is 58.3 Å². The van der Waals surface area contributed by atoms with Crippen LogP contribution >= 0.6 is 0 Å². The SMILES string of the molecule is C[C@H]1CN(C[C@H](O)COc2ccc(C(C)(C)C)cc2)C[C@H](C)O1. The van der Waals surface area contributed by atoms with Gasteiger partial charge in [-0.1, -0.05) is 32.9 Å². The number of aliphatic hydroxyl groups excluding tert-OH is 1. The number of aliphatic hydroxyl groups is 1. The van der Waals surface area contributed by atoms with Gasteiger partial charge in [0.1, 0.15) is 18.5 Å². The van der Waals surface area contributed by atoms with Crippen LogP contribution < -0.4 is 4.74 Å². The summed E-state index contributed by atoms with van der Waals surface area (Å²) in [6.45, 7) is 13.4. The lowest BCUT2D eigenvalue weighted by Crippen LogP contribution is -2.48. The van der Waals surface area contributed by atoms with E-state index in [1.54, 1.807) is 0 Å². The van der Waals surface area contributed by atoms with Gasteiger partial charge in [0.2, 0.25) is 0 Å². The van der Waals surface area contributed by atoms with E-state index in [1.165, 1.54) is 5.56 Å². The molecule has 0 aliphatic carbocycles. The summed E-state index contributed by atoms with van der Waals surface area (Å²) in [6.07, 6.45) is -0.0524. The quantitative estimate of drug-likeness (QED) is 0.905. The van der Waals surface area contributed by atoms with E-state index in [-0.39, 0.29) is 17.6 Å². The zero-order valence-electron chi connectivity index (χ0n) is 15.1. The summed E-state index contributed by atoms with van der Waals surface area (Å²) in [6, 6.07) is 8.14. The number of ether oxygens (including phenoxy) is 2. The zero-order chi connectivity index (χ0) is 17.0. The molecule has 1 aromatic carbocycles. The van der Waals surface area contributed by atoms with Crippen molar-refractivity contribution in [3.05, 3.63) is 29.8 Å². The highest BCUT2D eigenvalue weighted by atomic mass is 16.5. The van der Waals surface area contributed by atoms with Crippen molar-refractivity contribution < 1.29 is 14.6 Å². The minimum absolute atomic E-state index is 0.141. The Hall–Kier alpha value is -1.10. The van der Waals surface area contributed by atoms with Crippen LogP contribution in [0, 0.1) is 0 Å². The second kappa shape index (κ2) is 7.65. The summed E-state index contributed by atoms with van der Waals surface area (Å²) < 4.78 is 11.4. The lowest BCUT2D eigenvalue weighted by Gasteiger charge is -2.36. The molecule has 0 saturated carbocycles. The molecule has 1 fully saturated rings. The molecule has 0 spiro atoms. The van der Waals surface area contributed by atoms with Gasteiger partial charge in [-0.05, 0) is 37.0 Å². The normalized spacial score (nSPS) is 24.4. The number of benzene rings is 1. The molecule has 23 heavy (non-hydrogen) atoms. The Morgan fingerprint density at radius 2 is 1.74 bits per heavy atom. The van der Waals surface area contributed by atoms with Crippen LogP contribution in [0.3, 0.4) is 0 Å². The first kappa shape index (κ1) is 18.2. The van der Waals surface area contributed by atoms with Crippen molar-refractivity contribution in [1.29, 1.82) is 0 Å². The van der Waals surface area contributed by atoms with Gasteiger partial charge < -0.3 is 14.6 Å². The predicted octanol–water partition coefficient (Wildman–Crippen LogP) is 2.83. The highest BCUT2D eigenvalue weighted by Crippen LogP contribution is 2.24. The molecule has 1 heterocycles. The fraction of sp³-hybridized carbons (Fsp3) is 0.684. The molecular weight excluding hydrogens is 290 g/mol. The third-order valence-electron chi connectivity index (χ3n) is 4.13. The standard InChI is InChI=1S/C19H31NO3/c1-14-10-20(11-15(2)23-14)12-17(21)13-22-18-8-6-16(7-9-18)19(3,4)5/h6-9,14-15,17,21H,10-13H2,1-5H3/t14-,15-,17-/m0/s1. The summed E-state index contributed by atoms with van der Waals surface area (Å²) in [5.41, 5.74) is 1.42. The van der Waals surface area contributed by atoms with Crippen LogP contribution in [-0.4, -0.2) is 54.6 Å². The molecule has 1 saturated heterocycles. The molecule has 1 aromatic rings. The van der Waals surface area contributed by atoms with Crippen molar-refractivity contribution in [2.75, 3.05) is 26.2 Å². The monoisotopic (exact) mass is 321 g/mol. The number of rotatable bonds is 5. The summed E-state index contributed by atoms with van der Waals surface area (Å²) in [4.78, 5) is 2.25. The van der Waals surface area contributed by atoms with Gasteiger partial charge in [-0.15, -0.1) is 0 Å². The minimum Gasteiger partial charge on any atom is -0.491 e. The minimum atomic E-state index is -0.491. The maximum Gasteiger partial charge on any atom is 0.119 e. The van der Waals surface area contributed by atoms with Crippen molar-refractivity contribution in [1.82, 2.24) is 4.90 Å². The molecular formula is C19H31NO3. The second-order valence-electron chi connectivity index (χ2n) is 7.72. The molecule has 0 radical (unpaired) electrons. The van der Waals surface area contributed by atoms with E-state index in [0.717, 1.165) is 18.8 Å². The van der Waals surface area contributed by atoms with Gasteiger partial charge in [0, 0.05) is 19.6 Å². The molecule has 130 valence electrons. The van der Waals surface area contributed by atoms with Crippen molar-refractivity contribution in [3.63, 3.8) is 0 Å². The number of β-amino-alcohol motifs (C(OH)–C–C–N with tert-alkyl or cyclic N) is 1. The number of morpholine rings is 1. The Balaban J connectivity index is 1.79. The Morgan fingerprint density at radius 3 is 2.26 bits per heavy atom. The molecule has 4 heteroatoms. The molecule has 4 nitrogen and oxygen atoms in total. The third kappa shape index (κ3) is 5.79. The van der Waals surface area contributed by atoms with E-state index in [1.807, 2.05) is 12.1 Å². The molecule has 3 atom stereocenters. The highest BCUT2D eigenvalue weighted by molar-refractivity contribution is 5.31. The van der Waals surface area contributed by atoms with Crippen molar-refractivity contribution >= 4 is 0 Å². The second-order valence-corrected chi connectivity index (χ2v) is 7.72. The molecule has 0 bridgehead atoms. The first-order valence-electron chi connectivity index (χ1n) is 8.53. The van der Waals surface area contributed by atoms with Gasteiger partial charge in [0.05, 0.1) is 12.2 Å². The first-order chi connectivity index (χ1) is 10.7. The van der Waals surface area contributed by atoms with E-state index in [9.17, 15) is 5.11 Å². The predicted molar refractivity (Wildman–Crippen MR) is 93.1 cm³/mol. The van der Waals surface area contributed by atoms with Crippen LogP contribution in [0.15, 0.2) is 24.3 Å². The maximum absolute atomic E-state index is 10.2. The Morgan fingerprint density at radius 1 is 1.17 bits per heavy atom. The largest absolute Gasteiger partial charge is 0.491 e. The van der Waals surface area contributed by atoms with Crippen LogP contribution in [0.4, 0.5) is 0 Å². The van der Waals surface area contributed by atoms with Crippen LogP contribution in [0.5, 0.6) is 5.75 Å². The molecule has 1 aliphatic heterocycles. The fourth-order valence-corrected chi connectivity index (χ4v) is 3.03. The van der Waals surface area contributed by atoms with Crippen LogP contribution in [0.25, 0.3) is 0 Å². The van der Waals surface area contributed by atoms with Gasteiger partial charge in [-0.3, -0.25) is 4.90 Å². The average Bonchev–Trinajstić information content (AvgIpc) is 2.43. The molecule has 0 unspecified atom stereocenters. The van der Waals surface area contributed by atoms with Gasteiger partial charge in [0.15, 0.2) is 0 Å². The molecule has 0 amide bonds. The summed E-state index contributed by atoms with van der Waals surface area (Å²) in [7, 11) is 0. The summed E-state index contributed by atoms with van der Waals surface area (Å²) >= 11 is 0. The van der Waals surface area contributed by atoms with Gasteiger partial charge in [0.25, 0.3) is 0 Å². The first-order valence-corrected chi connectivity index (χ1v) is 8.53. The smallest absolute Gasteiger partial charge is 0.119 e. The van der Waals surface area contributed by atoms with Crippen LogP contribution in [0.1, 0.15) is 40.2 Å². The Bertz CT molecular complexity index is 470. The van der Waals surface area contributed by atoms with E-state index in [2.05, 4.69) is 51.7 Å². The molecule has 1 aliphatic rings. The van der Waals surface area contributed by atoms with E-state index in [0.29, 0.717) is 13.2 Å². The number of hydrogen-bond acceptors (Lipinski definition) is 4. The topological polar surface area (TPSA) is 41.9 Å². The average molecular weight is 321 g/mol. The lowest BCUT2D eigenvalue weighted by atomic mass is 9.87. The van der Waals surface area contributed by atoms with Gasteiger partial charge >= 0.3 is 0 Å². The maximum atomic E-state index is 10.2. The van der Waals surface area contributed by atoms with Crippen molar-refractivity contribution in [2.24, 2.45) is 0 Å². The lowest BCUT2D eigenvalue weighted by molar-refractivity contribution is -0.0786. The molecule has 0 aromatic heterocycles. The van der Waals surface area contributed by atoms with Gasteiger partial charge in [-0.2, -0.15) is 0 Å². The molecule has 1 N–H and O–H groups in total. The Labute approximate surface area is 140 Å². The van der Waals surface area contributed by atoms with Crippen molar-refractivity contribution in [3.8, 4) is 5.75 Å². The van der Waals surface area contributed by atoms with E-state index in [4.69, 9.17) is 9.47 Å². The Kier molecular flexibility index (Phi) is 6.06. The zero-order valence-corrected chi connectivity index (χ0v) is 15.1. The number of hydrogen-bond donors (Lipinski definition) is 1. The fourth-order valence-electron chi connectivity index (χ4n) is 3.03. The van der Waals surface area contributed by atoms with Crippen LogP contribution in [-0.2, 0) is 10.2 Å². The van der Waals surface area contributed by atoms with Crippen LogP contribution in [0.2, 0.25) is 0 Å². The van der Waals surface area contributed by atoms with E-state index < -0.39 is 6.10 Å². The summed E-state index contributed by atoms with van der Waals surface area (Å²) in [5.74, 6) is 0.806. The van der Waals surface area contributed by atoms with Gasteiger partial charge in [-0.25, -0.2) is 0 Å². The number of nitrogens with zero attached hydrogens (tertiary/aromatic N) is 1.